The SMILES string of the molecule is CN(Cc1cccc2ccccc12)C(=O)CCc1nc2ccccc2[nH]1. The van der Waals surface area contributed by atoms with E-state index < -0.39 is 0 Å². The Labute approximate surface area is 152 Å². The van der Waals surface area contributed by atoms with E-state index in [0.29, 0.717) is 19.4 Å². The first kappa shape index (κ1) is 16.3. The van der Waals surface area contributed by atoms with Gasteiger partial charge in [0.1, 0.15) is 5.82 Å². The topological polar surface area (TPSA) is 49.0 Å². The molecule has 26 heavy (non-hydrogen) atoms. The average molecular weight is 343 g/mol. The number of H-pyrrole nitrogens is 1. The number of aromatic amines is 1. The Bertz CT molecular complexity index is 1030. The fourth-order valence-corrected chi connectivity index (χ4v) is 3.31. The molecule has 0 fully saturated rings. The number of carbonyl (C=O) groups is 1. The number of benzene rings is 3. The molecule has 4 nitrogen and oxygen atoms in total. The van der Waals surface area contributed by atoms with Gasteiger partial charge in [0.05, 0.1) is 11.0 Å². The average Bonchev–Trinajstić information content (AvgIpc) is 3.09. The van der Waals surface area contributed by atoms with Crippen LogP contribution in [0.15, 0.2) is 66.7 Å². The van der Waals surface area contributed by atoms with Crippen molar-refractivity contribution in [2.24, 2.45) is 0 Å². The maximum Gasteiger partial charge on any atom is 0.223 e. The van der Waals surface area contributed by atoms with Gasteiger partial charge >= 0.3 is 0 Å². The molecule has 4 heteroatoms. The van der Waals surface area contributed by atoms with Crippen molar-refractivity contribution in [3.63, 3.8) is 0 Å². The Morgan fingerprint density at radius 2 is 1.77 bits per heavy atom. The maximum absolute atomic E-state index is 12.6. The van der Waals surface area contributed by atoms with Crippen molar-refractivity contribution in [1.29, 1.82) is 0 Å². The van der Waals surface area contributed by atoms with Crippen molar-refractivity contribution in [2.75, 3.05) is 7.05 Å². The summed E-state index contributed by atoms with van der Waals surface area (Å²) >= 11 is 0. The second-order valence-electron chi connectivity index (χ2n) is 6.59. The van der Waals surface area contributed by atoms with E-state index in [1.54, 1.807) is 4.90 Å². The number of aryl methyl sites for hydroxylation is 1. The number of carbonyl (C=O) groups excluding carboxylic acids is 1. The Morgan fingerprint density at radius 1 is 1.00 bits per heavy atom. The normalized spacial score (nSPS) is 11.1. The third-order valence-corrected chi connectivity index (χ3v) is 4.73. The van der Waals surface area contributed by atoms with Gasteiger partial charge in [0.15, 0.2) is 0 Å². The Balaban J connectivity index is 1.42. The first-order chi connectivity index (χ1) is 12.7. The van der Waals surface area contributed by atoms with Gasteiger partial charge in [-0.1, -0.05) is 54.6 Å². The van der Waals surface area contributed by atoms with Crippen LogP contribution in [0.1, 0.15) is 17.8 Å². The third kappa shape index (κ3) is 3.31. The highest BCUT2D eigenvalue weighted by Crippen LogP contribution is 2.20. The van der Waals surface area contributed by atoms with Crippen LogP contribution >= 0.6 is 0 Å². The van der Waals surface area contributed by atoms with Crippen LogP contribution in [0.25, 0.3) is 21.8 Å². The minimum atomic E-state index is 0.124. The van der Waals surface area contributed by atoms with Crippen LogP contribution in [-0.2, 0) is 17.8 Å². The van der Waals surface area contributed by atoms with Crippen LogP contribution in [0.2, 0.25) is 0 Å². The summed E-state index contributed by atoms with van der Waals surface area (Å²) in [4.78, 5) is 22.2. The number of fused-ring (bicyclic) bond motifs is 2. The van der Waals surface area contributed by atoms with Crippen LogP contribution in [-0.4, -0.2) is 27.8 Å². The van der Waals surface area contributed by atoms with Gasteiger partial charge < -0.3 is 9.88 Å². The van der Waals surface area contributed by atoms with E-state index >= 15 is 0 Å². The van der Waals surface area contributed by atoms with Gasteiger partial charge in [-0.2, -0.15) is 0 Å². The van der Waals surface area contributed by atoms with E-state index in [4.69, 9.17) is 0 Å². The molecule has 0 aliphatic carbocycles. The Morgan fingerprint density at radius 3 is 2.65 bits per heavy atom. The molecule has 3 aromatic carbocycles. The van der Waals surface area contributed by atoms with Crippen molar-refractivity contribution in [3.8, 4) is 0 Å². The lowest BCUT2D eigenvalue weighted by Gasteiger charge is -2.18. The zero-order valence-electron chi connectivity index (χ0n) is 14.8. The highest BCUT2D eigenvalue weighted by molar-refractivity contribution is 5.86. The second kappa shape index (κ2) is 7.00. The number of imidazole rings is 1. The van der Waals surface area contributed by atoms with Gasteiger partial charge in [-0.05, 0) is 28.5 Å². The van der Waals surface area contributed by atoms with Crippen molar-refractivity contribution in [3.05, 3.63) is 78.1 Å². The quantitative estimate of drug-likeness (QED) is 0.587. The summed E-state index contributed by atoms with van der Waals surface area (Å²) in [5.41, 5.74) is 3.13. The molecule has 0 saturated carbocycles. The largest absolute Gasteiger partial charge is 0.342 e. The van der Waals surface area contributed by atoms with E-state index in [1.807, 2.05) is 49.5 Å². The molecule has 0 aliphatic heterocycles. The minimum absolute atomic E-state index is 0.124. The molecule has 0 atom stereocenters. The molecule has 0 radical (unpaired) electrons. The van der Waals surface area contributed by atoms with Gasteiger partial charge in [-0.25, -0.2) is 4.98 Å². The van der Waals surface area contributed by atoms with Crippen molar-refractivity contribution in [1.82, 2.24) is 14.9 Å². The van der Waals surface area contributed by atoms with Crippen LogP contribution in [0.5, 0.6) is 0 Å². The number of nitrogens with zero attached hydrogens (tertiary/aromatic N) is 2. The van der Waals surface area contributed by atoms with Crippen LogP contribution in [0.4, 0.5) is 0 Å². The van der Waals surface area contributed by atoms with E-state index in [1.165, 1.54) is 16.3 Å². The fourth-order valence-electron chi connectivity index (χ4n) is 3.31. The van der Waals surface area contributed by atoms with Gasteiger partial charge in [0, 0.05) is 26.4 Å². The molecule has 4 rings (SSSR count). The van der Waals surface area contributed by atoms with Crippen LogP contribution in [0, 0.1) is 0 Å². The summed E-state index contributed by atoms with van der Waals surface area (Å²) in [5, 5.41) is 2.40. The molecular weight excluding hydrogens is 322 g/mol. The summed E-state index contributed by atoms with van der Waals surface area (Å²) in [6.45, 7) is 0.611. The molecule has 1 heterocycles. The van der Waals surface area contributed by atoms with Crippen LogP contribution in [0.3, 0.4) is 0 Å². The predicted molar refractivity (Wildman–Crippen MR) is 105 cm³/mol. The molecule has 0 bridgehead atoms. The molecule has 130 valence electrons. The van der Waals surface area contributed by atoms with E-state index in [2.05, 4.69) is 34.2 Å². The van der Waals surface area contributed by atoms with E-state index in [9.17, 15) is 4.79 Å². The van der Waals surface area contributed by atoms with Crippen molar-refractivity contribution in [2.45, 2.75) is 19.4 Å². The van der Waals surface area contributed by atoms with Gasteiger partial charge in [0.25, 0.3) is 0 Å². The lowest BCUT2D eigenvalue weighted by molar-refractivity contribution is -0.130. The second-order valence-corrected chi connectivity index (χ2v) is 6.59. The zero-order valence-corrected chi connectivity index (χ0v) is 14.8. The summed E-state index contributed by atoms with van der Waals surface area (Å²) in [7, 11) is 1.86. The standard InChI is InChI=1S/C22H21N3O/c1-25(15-17-9-6-8-16-7-2-3-10-18(16)17)22(26)14-13-21-23-19-11-4-5-12-20(19)24-21/h2-12H,13-15H2,1H3,(H,23,24). The minimum Gasteiger partial charge on any atom is -0.342 e. The number of amides is 1. The third-order valence-electron chi connectivity index (χ3n) is 4.73. The number of hydrogen-bond acceptors (Lipinski definition) is 2. The molecular formula is C22H21N3O. The predicted octanol–water partition coefficient (Wildman–Crippen LogP) is 4.31. The number of hydrogen-bond donors (Lipinski definition) is 1. The van der Waals surface area contributed by atoms with Crippen LogP contribution < -0.4 is 0 Å². The highest BCUT2D eigenvalue weighted by Gasteiger charge is 2.12. The molecule has 4 aromatic rings. The first-order valence-electron chi connectivity index (χ1n) is 8.85. The lowest BCUT2D eigenvalue weighted by Crippen LogP contribution is -2.26. The molecule has 1 aromatic heterocycles. The zero-order chi connectivity index (χ0) is 17.9. The summed E-state index contributed by atoms with van der Waals surface area (Å²) in [6.07, 6.45) is 1.06. The molecule has 0 saturated heterocycles. The maximum atomic E-state index is 12.6. The summed E-state index contributed by atoms with van der Waals surface area (Å²) in [5.74, 6) is 0.983. The molecule has 1 amide bonds. The molecule has 0 unspecified atom stereocenters. The molecule has 0 aliphatic rings. The fraction of sp³-hybridized carbons (Fsp3) is 0.182. The van der Waals surface area contributed by atoms with Gasteiger partial charge in [-0.3, -0.25) is 4.79 Å². The number of nitrogens with one attached hydrogen (secondary N) is 1. The molecule has 0 spiro atoms. The van der Waals surface area contributed by atoms with Crippen molar-refractivity contribution >= 4 is 27.7 Å². The number of aromatic nitrogens is 2. The number of para-hydroxylation sites is 2. The van der Waals surface area contributed by atoms with Crippen molar-refractivity contribution < 1.29 is 4.79 Å². The van der Waals surface area contributed by atoms with Gasteiger partial charge in [0.2, 0.25) is 5.91 Å². The smallest absolute Gasteiger partial charge is 0.223 e. The lowest BCUT2D eigenvalue weighted by atomic mass is 10.0. The molecule has 1 N–H and O–H groups in total. The van der Waals surface area contributed by atoms with E-state index in [-0.39, 0.29) is 5.91 Å². The summed E-state index contributed by atoms with van der Waals surface area (Å²) < 4.78 is 0. The Kier molecular flexibility index (Phi) is 4.40. The highest BCUT2D eigenvalue weighted by atomic mass is 16.2. The van der Waals surface area contributed by atoms with Gasteiger partial charge in [-0.15, -0.1) is 0 Å². The first-order valence-corrected chi connectivity index (χ1v) is 8.85. The van der Waals surface area contributed by atoms with E-state index in [0.717, 1.165) is 16.9 Å². The summed E-state index contributed by atoms with van der Waals surface area (Å²) in [6, 6.07) is 22.4. The number of rotatable bonds is 5. The monoisotopic (exact) mass is 343 g/mol. The Hall–Kier alpha value is -3.14.